The van der Waals surface area contributed by atoms with E-state index in [9.17, 15) is 0 Å². The van der Waals surface area contributed by atoms with E-state index >= 15 is 0 Å². The van der Waals surface area contributed by atoms with Gasteiger partial charge in [0.1, 0.15) is 0 Å². The van der Waals surface area contributed by atoms with Gasteiger partial charge >= 0.3 is 0 Å². The fourth-order valence-corrected chi connectivity index (χ4v) is 3.69. The maximum Gasteiger partial charge on any atom is 0.0521 e. The molecule has 0 aromatic heterocycles. The van der Waals surface area contributed by atoms with Crippen LogP contribution >= 0.6 is 11.8 Å². The third-order valence-electron chi connectivity index (χ3n) is 3.58. The number of nitrogens with zero attached hydrogens (tertiary/aromatic N) is 1. The number of thioether (sulfide) groups is 1. The van der Waals surface area contributed by atoms with Crippen LogP contribution in [0.2, 0.25) is 0 Å². The first-order chi connectivity index (χ1) is 7.27. The summed E-state index contributed by atoms with van der Waals surface area (Å²) >= 11 is 2.07. The molecule has 2 fully saturated rings. The molecule has 88 valence electrons. The van der Waals surface area contributed by atoms with Gasteiger partial charge in [-0.25, -0.2) is 0 Å². The highest BCUT2D eigenvalue weighted by Gasteiger charge is 2.27. The average molecular weight is 230 g/mol. The van der Waals surface area contributed by atoms with Crippen LogP contribution < -0.4 is 5.73 Å². The molecule has 3 nitrogen and oxygen atoms in total. The van der Waals surface area contributed by atoms with Gasteiger partial charge in [0.2, 0.25) is 0 Å². The Morgan fingerprint density at radius 3 is 3.00 bits per heavy atom. The van der Waals surface area contributed by atoms with Crippen LogP contribution in [-0.2, 0) is 4.74 Å². The second-order valence-corrected chi connectivity index (χ2v) is 5.89. The summed E-state index contributed by atoms with van der Waals surface area (Å²) < 4.78 is 5.50. The van der Waals surface area contributed by atoms with Crippen molar-refractivity contribution < 1.29 is 4.74 Å². The van der Waals surface area contributed by atoms with E-state index < -0.39 is 0 Å². The average Bonchev–Trinajstić information content (AvgIpc) is 2.74. The zero-order valence-corrected chi connectivity index (χ0v) is 10.3. The second kappa shape index (κ2) is 5.53. The van der Waals surface area contributed by atoms with Crippen molar-refractivity contribution >= 4 is 11.8 Å². The zero-order chi connectivity index (χ0) is 10.7. The number of hydrogen-bond acceptors (Lipinski definition) is 4. The molecular formula is C11H22N2OS. The zero-order valence-electron chi connectivity index (χ0n) is 9.52. The van der Waals surface area contributed by atoms with Crippen LogP contribution in [0.4, 0.5) is 0 Å². The van der Waals surface area contributed by atoms with Crippen LogP contribution in [0.5, 0.6) is 0 Å². The molecule has 3 unspecified atom stereocenters. The van der Waals surface area contributed by atoms with Gasteiger partial charge in [-0.05, 0) is 25.6 Å². The van der Waals surface area contributed by atoms with Gasteiger partial charge in [0, 0.05) is 36.9 Å². The summed E-state index contributed by atoms with van der Waals surface area (Å²) in [7, 11) is 2.23. The van der Waals surface area contributed by atoms with Crippen LogP contribution in [0.1, 0.15) is 12.8 Å². The van der Waals surface area contributed by atoms with Crippen molar-refractivity contribution in [2.75, 3.05) is 38.3 Å². The smallest absolute Gasteiger partial charge is 0.0521 e. The molecule has 2 aliphatic heterocycles. The van der Waals surface area contributed by atoms with Crippen molar-refractivity contribution in [3.05, 3.63) is 0 Å². The predicted molar refractivity (Wildman–Crippen MR) is 65.3 cm³/mol. The van der Waals surface area contributed by atoms with Crippen LogP contribution in [-0.4, -0.2) is 55.3 Å². The van der Waals surface area contributed by atoms with Crippen LogP contribution in [0.15, 0.2) is 0 Å². The van der Waals surface area contributed by atoms with E-state index in [2.05, 4.69) is 23.7 Å². The summed E-state index contributed by atoms with van der Waals surface area (Å²) in [5.41, 5.74) is 6.11. The van der Waals surface area contributed by atoms with Crippen molar-refractivity contribution in [2.24, 2.45) is 11.7 Å². The Labute approximate surface area is 96.7 Å². The molecule has 4 heteroatoms. The Morgan fingerprint density at radius 1 is 1.47 bits per heavy atom. The van der Waals surface area contributed by atoms with Crippen LogP contribution in [0.25, 0.3) is 0 Å². The van der Waals surface area contributed by atoms with Gasteiger partial charge in [0.25, 0.3) is 0 Å². The molecule has 2 saturated heterocycles. The van der Waals surface area contributed by atoms with Gasteiger partial charge < -0.3 is 15.4 Å². The lowest BCUT2D eigenvalue weighted by atomic mass is 9.95. The normalized spacial score (nSPS) is 37.4. The molecule has 15 heavy (non-hydrogen) atoms. The predicted octanol–water partition coefficient (Wildman–Crippen LogP) is 0.788. The maximum absolute atomic E-state index is 6.11. The summed E-state index contributed by atoms with van der Waals surface area (Å²) in [6, 6.07) is 1.11. The van der Waals surface area contributed by atoms with E-state index in [1.165, 1.54) is 17.9 Å². The first-order valence-electron chi connectivity index (χ1n) is 5.88. The lowest BCUT2D eigenvalue weighted by molar-refractivity contribution is 0.0254. The molecule has 0 spiro atoms. The monoisotopic (exact) mass is 230 g/mol. The Bertz CT molecular complexity index is 197. The van der Waals surface area contributed by atoms with Crippen LogP contribution in [0.3, 0.4) is 0 Å². The largest absolute Gasteiger partial charge is 0.381 e. The van der Waals surface area contributed by atoms with Gasteiger partial charge in [-0.1, -0.05) is 0 Å². The fourth-order valence-electron chi connectivity index (χ4n) is 2.39. The second-order valence-electron chi connectivity index (χ2n) is 4.74. The van der Waals surface area contributed by atoms with Crippen molar-refractivity contribution in [1.29, 1.82) is 0 Å². The number of ether oxygens (including phenoxy) is 1. The highest BCUT2D eigenvalue weighted by molar-refractivity contribution is 7.99. The SMILES string of the molecule is CN(CC1COCCC1N)C1CCSC1. The molecule has 0 aromatic rings. The highest BCUT2D eigenvalue weighted by atomic mass is 32.2. The Hall–Kier alpha value is 0.230. The van der Waals surface area contributed by atoms with Gasteiger partial charge in [0.05, 0.1) is 6.61 Å². The minimum atomic E-state index is 0.343. The first kappa shape index (κ1) is 11.7. The third-order valence-corrected chi connectivity index (χ3v) is 4.73. The third kappa shape index (κ3) is 3.09. The molecule has 2 heterocycles. The van der Waals surface area contributed by atoms with Crippen molar-refractivity contribution in [2.45, 2.75) is 24.9 Å². The molecule has 0 amide bonds. The lowest BCUT2D eigenvalue weighted by Gasteiger charge is -2.34. The molecule has 3 atom stereocenters. The summed E-state index contributed by atoms with van der Waals surface area (Å²) in [6.45, 7) is 2.80. The maximum atomic E-state index is 6.11. The number of rotatable bonds is 3. The van der Waals surface area contributed by atoms with Crippen molar-refractivity contribution in [3.8, 4) is 0 Å². The van der Waals surface area contributed by atoms with Gasteiger partial charge in [-0.3, -0.25) is 0 Å². The Balaban J connectivity index is 1.78. The molecule has 0 bridgehead atoms. The molecule has 2 N–H and O–H groups in total. The Kier molecular flexibility index (Phi) is 4.31. The van der Waals surface area contributed by atoms with Gasteiger partial charge in [0.15, 0.2) is 0 Å². The first-order valence-corrected chi connectivity index (χ1v) is 7.04. The highest BCUT2D eigenvalue weighted by Crippen LogP contribution is 2.23. The topological polar surface area (TPSA) is 38.5 Å². The number of nitrogens with two attached hydrogens (primary N) is 1. The molecular weight excluding hydrogens is 208 g/mol. The van der Waals surface area contributed by atoms with E-state index in [-0.39, 0.29) is 0 Å². The number of hydrogen-bond donors (Lipinski definition) is 1. The minimum Gasteiger partial charge on any atom is -0.381 e. The van der Waals surface area contributed by atoms with E-state index in [4.69, 9.17) is 10.5 Å². The van der Waals surface area contributed by atoms with Gasteiger partial charge in [-0.2, -0.15) is 11.8 Å². The van der Waals surface area contributed by atoms with E-state index in [1.807, 2.05) is 0 Å². The molecule has 0 radical (unpaired) electrons. The minimum absolute atomic E-state index is 0.343. The molecule has 2 aliphatic rings. The summed E-state index contributed by atoms with van der Waals surface area (Å²) in [6.07, 6.45) is 2.36. The quantitative estimate of drug-likeness (QED) is 0.778. The molecule has 0 saturated carbocycles. The van der Waals surface area contributed by atoms with E-state index in [0.29, 0.717) is 12.0 Å². The Morgan fingerprint density at radius 2 is 2.33 bits per heavy atom. The fraction of sp³-hybridized carbons (Fsp3) is 1.00. The lowest BCUT2D eigenvalue weighted by Crippen LogP contribution is -2.46. The molecule has 0 aromatic carbocycles. The van der Waals surface area contributed by atoms with Crippen molar-refractivity contribution in [1.82, 2.24) is 4.90 Å². The molecule has 2 rings (SSSR count). The van der Waals surface area contributed by atoms with E-state index in [1.54, 1.807) is 0 Å². The van der Waals surface area contributed by atoms with Crippen molar-refractivity contribution in [3.63, 3.8) is 0 Å². The van der Waals surface area contributed by atoms with Gasteiger partial charge in [-0.15, -0.1) is 0 Å². The van der Waals surface area contributed by atoms with E-state index in [0.717, 1.165) is 32.2 Å². The summed E-state index contributed by atoms with van der Waals surface area (Å²) in [5.74, 6) is 3.15. The van der Waals surface area contributed by atoms with Crippen LogP contribution in [0, 0.1) is 5.92 Å². The summed E-state index contributed by atoms with van der Waals surface area (Å²) in [4.78, 5) is 2.49. The summed E-state index contributed by atoms with van der Waals surface area (Å²) in [5, 5.41) is 0. The molecule has 0 aliphatic carbocycles. The standard InChI is InChI=1S/C11H22N2OS/c1-13(10-3-5-15-8-10)6-9-7-14-4-2-11(9)12/h9-11H,2-8,12H2,1H3.